The molecule has 0 bridgehead atoms. The maximum atomic E-state index is 10.7. The van der Waals surface area contributed by atoms with Gasteiger partial charge in [-0.2, -0.15) is 0 Å². The van der Waals surface area contributed by atoms with Crippen LogP contribution in [0.15, 0.2) is 48.6 Å². The molecule has 0 atom stereocenters. The largest absolute Gasteiger partial charge is 0.399 e. The van der Waals surface area contributed by atoms with Gasteiger partial charge in [-0.25, -0.2) is 0 Å². The zero-order valence-electron chi connectivity index (χ0n) is 18.9. The Balaban J connectivity index is 0.000000182. The first-order chi connectivity index (χ1) is 15.5. The Morgan fingerprint density at radius 3 is 1.94 bits per heavy atom. The van der Waals surface area contributed by atoms with Crippen molar-refractivity contribution in [2.45, 2.75) is 52.4 Å². The number of benzene rings is 2. The average molecular weight is 469 g/mol. The molecular weight excluding hydrogens is 436 g/mol. The van der Waals surface area contributed by atoms with Crippen LogP contribution in [0.2, 0.25) is 0 Å². The number of nitrogen functional groups attached to an aromatic ring is 1. The van der Waals surface area contributed by atoms with Crippen LogP contribution in [0.25, 0.3) is 9.81 Å². The molecule has 6 heteroatoms. The molecule has 0 fully saturated rings. The number of hydrogen-bond acceptors (Lipinski definition) is 5. The van der Waals surface area contributed by atoms with Gasteiger partial charge in [0.1, 0.15) is 0 Å². The van der Waals surface area contributed by atoms with Gasteiger partial charge in [-0.1, -0.05) is 51.0 Å². The molecule has 2 aliphatic carbocycles. The molecule has 2 aliphatic rings. The maximum absolute atomic E-state index is 10.7. The third kappa shape index (κ3) is 6.42. The minimum atomic E-state index is -0.326. The number of nitrogens with two attached hydrogens (primary N) is 1. The fraction of sp³-hybridized carbons (Fsp3) is 0.385. The van der Waals surface area contributed by atoms with E-state index in [-0.39, 0.29) is 10.6 Å². The van der Waals surface area contributed by atoms with Crippen molar-refractivity contribution in [3.63, 3.8) is 0 Å². The number of nitro benzene ring substituents is 1. The molecule has 4 rings (SSSR count). The third-order valence-electron chi connectivity index (χ3n) is 5.49. The van der Waals surface area contributed by atoms with Crippen LogP contribution in [-0.2, 0) is 12.8 Å². The SMILES string of the molecule is CCCCSC1=CCc2ccc(N)cc21.CCCCSC1=CCc2ccc([N+](=O)[O-])cc21. The minimum absolute atomic E-state index is 0.188. The van der Waals surface area contributed by atoms with Crippen molar-refractivity contribution in [2.24, 2.45) is 0 Å². The van der Waals surface area contributed by atoms with Gasteiger partial charge in [0.25, 0.3) is 5.69 Å². The average Bonchev–Trinajstić information content (AvgIpc) is 3.38. The highest BCUT2D eigenvalue weighted by Gasteiger charge is 2.18. The van der Waals surface area contributed by atoms with Gasteiger partial charge in [0, 0.05) is 27.6 Å². The Bertz CT molecular complexity index is 1010. The molecule has 0 spiro atoms. The van der Waals surface area contributed by atoms with Crippen LogP contribution >= 0.6 is 23.5 Å². The second-order valence-electron chi connectivity index (χ2n) is 7.96. The highest BCUT2D eigenvalue weighted by molar-refractivity contribution is 8.08. The van der Waals surface area contributed by atoms with Crippen LogP contribution < -0.4 is 5.73 Å². The van der Waals surface area contributed by atoms with Gasteiger partial charge in [0.2, 0.25) is 0 Å². The zero-order chi connectivity index (χ0) is 22.9. The van der Waals surface area contributed by atoms with Gasteiger partial charge in [-0.3, -0.25) is 10.1 Å². The van der Waals surface area contributed by atoms with Crippen LogP contribution in [0.5, 0.6) is 0 Å². The molecule has 0 radical (unpaired) electrons. The maximum Gasteiger partial charge on any atom is 0.270 e. The van der Waals surface area contributed by atoms with Crippen molar-refractivity contribution in [3.05, 3.63) is 80.9 Å². The standard InChI is InChI=1S/C13H15NO2S.C13H17NS/c1-2-3-8-17-13-7-5-10-4-6-11(14(15)16)9-12(10)13;1-2-3-8-15-13-7-5-10-4-6-11(14)9-12(10)13/h4,6-7,9H,2-3,5,8H2,1H3;4,6-7,9H,2-3,5,8,14H2,1H3. The number of thioether (sulfide) groups is 2. The number of unbranched alkanes of at least 4 members (excludes halogenated alkanes) is 2. The van der Waals surface area contributed by atoms with E-state index in [1.807, 2.05) is 35.7 Å². The lowest BCUT2D eigenvalue weighted by molar-refractivity contribution is -0.384. The Kier molecular flexibility index (Phi) is 9.30. The molecule has 2 aromatic carbocycles. The molecule has 32 heavy (non-hydrogen) atoms. The highest BCUT2D eigenvalue weighted by Crippen LogP contribution is 2.38. The van der Waals surface area contributed by atoms with E-state index in [0.717, 1.165) is 29.8 Å². The molecule has 170 valence electrons. The number of nitrogens with zero attached hydrogens (tertiary/aromatic N) is 1. The molecule has 0 heterocycles. The predicted molar refractivity (Wildman–Crippen MR) is 142 cm³/mol. The molecular formula is C26H32N2O2S2. The molecule has 0 aliphatic heterocycles. The fourth-order valence-corrected chi connectivity index (χ4v) is 6.04. The molecule has 0 aromatic heterocycles. The second kappa shape index (κ2) is 12.2. The van der Waals surface area contributed by atoms with E-state index in [2.05, 4.69) is 38.1 Å². The Labute approximate surface area is 199 Å². The number of rotatable bonds is 9. The molecule has 0 saturated carbocycles. The number of fused-ring (bicyclic) bond motifs is 2. The molecule has 0 amide bonds. The Morgan fingerprint density at radius 2 is 1.41 bits per heavy atom. The summed E-state index contributed by atoms with van der Waals surface area (Å²) >= 11 is 3.78. The van der Waals surface area contributed by atoms with Gasteiger partial charge in [0.05, 0.1) is 4.92 Å². The Morgan fingerprint density at radius 1 is 0.875 bits per heavy atom. The van der Waals surface area contributed by atoms with E-state index in [9.17, 15) is 10.1 Å². The first-order valence-corrected chi connectivity index (χ1v) is 13.3. The fourth-order valence-electron chi connectivity index (χ4n) is 3.64. The van der Waals surface area contributed by atoms with Crippen molar-refractivity contribution in [1.29, 1.82) is 0 Å². The lowest BCUT2D eigenvalue weighted by atomic mass is 10.1. The van der Waals surface area contributed by atoms with Crippen LogP contribution in [0.4, 0.5) is 11.4 Å². The number of anilines is 1. The molecule has 0 unspecified atom stereocenters. The van der Waals surface area contributed by atoms with E-state index in [1.54, 1.807) is 12.1 Å². The number of allylic oxidation sites excluding steroid dienone is 2. The summed E-state index contributed by atoms with van der Waals surface area (Å²) in [5.74, 6) is 2.31. The van der Waals surface area contributed by atoms with Gasteiger partial charge < -0.3 is 5.73 Å². The zero-order valence-corrected chi connectivity index (χ0v) is 20.6. The topological polar surface area (TPSA) is 69.2 Å². The smallest absolute Gasteiger partial charge is 0.270 e. The van der Waals surface area contributed by atoms with Gasteiger partial charge in [0.15, 0.2) is 0 Å². The van der Waals surface area contributed by atoms with Crippen LogP contribution in [0, 0.1) is 10.1 Å². The van der Waals surface area contributed by atoms with E-state index < -0.39 is 0 Å². The monoisotopic (exact) mass is 468 g/mol. The molecule has 2 N–H and O–H groups in total. The second-order valence-corrected chi connectivity index (χ2v) is 10.2. The van der Waals surface area contributed by atoms with Crippen molar-refractivity contribution in [3.8, 4) is 0 Å². The minimum Gasteiger partial charge on any atom is -0.399 e. The molecule has 2 aromatic rings. The van der Waals surface area contributed by atoms with Gasteiger partial charge in [-0.05, 0) is 71.6 Å². The van der Waals surface area contributed by atoms with Crippen molar-refractivity contribution < 1.29 is 4.92 Å². The van der Waals surface area contributed by atoms with Crippen molar-refractivity contribution in [2.75, 3.05) is 17.2 Å². The lowest BCUT2D eigenvalue weighted by Gasteiger charge is -2.06. The quantitative estimate of drug-likeness (QED) is 0.176. The van der Waals surface area contributed by atoms with E-state index in [1.165, 1.54) is 57.9 Å². The summed E-state index contributed by atoms with van der Waals surface area (Å²) in [6.07, 6.45) is 11.4. The summed E-state index contributed by atoms with van der Waals surface area (Å²) in [5, 5.41) is 10.7. The summed E-state index contributed by atoms with van der Waals surface area (Å²) in [6.45, 7) is 4.40. The molecule has 4 nitrogen and oxygen atoms in total. The van der Waals surface area contributed by atoms with Crippen molar-refractivity contribution in [1.82, 2.24) is 0 Å². The summed E-state index contributed by atoms with van der Waals surface area (Å²) in [5.41, 5.74) is 11.9. The van der Waals surface area contributed by atoms with Gasteiger partial charge in [-0.15, -0.1) is 23.5 Å². The highest BCUT2D eigenvalue weighted by atomic mass is 32.2. The van der Waals surface area contributed by atoms with Crippen LogP contribution in [0.3, 0.4) is 0 Å². The number of nitro groups is 1. The normalized spacial score (nSPS) is 13.6. The number of hydrogen-bond donors (Lipinski definition) is 1. The first kappa shape index (κ1) is 24.5. The van der Waals surface area contributed by atoms with E-state index in [0.29, 0.717) is 0 Å². The molecule has 0 saturated heterocycles. The summed E-state index contributed by atoms with van der Waals surface area (Å²) in [6, 6.07) is 11.4. The first-order valence-electron chi connectivity index (χ1n) is 11.4. The van der Waals surface area contributed by atoms with E-state index >= 15 is 0 Å². The summed E-state index contributed by atoms with van der Waals surface area (Å²) < 4.78 is 0. The van der Waals surface area contributed by atoms with E-state index in [4.69, 9.17) is 5.73 Å². The van der Waals surface area contributed by atoms with Crippen LogP contribution in [0.1, 0.15) is 61.8 Å². The number of non-ortho nitro benzene ring substituents is 1. The van der Waals surface area contributed by atoms with Crippen LogP contribution in [-0.4, -0.2) is 16.4 Å². The van der Waals surface area contributed by atoms with Crippen molar-refractivity contribution >= 4 is 44.7 Å². The summed E-state index contributed by atoms with van der Waals surface area (Å²) in [7, 11) is 0. The third-order valence-corrected chi connectivity index (χ3v) is 7.88. The predicted octanol–water partition coefficient (Wildman–Crippen LogP) is 7.72. The lowest BCUT2D eigenvalue weighted by Crippen LogP contribution is -1.91. The van der Waals surface area contributed by atoms with Gasteiger partial charge >= 0.3 is 0 Å². The Hall–Kier alpha value is -2.18. The summed E-state index contributed by atoms with van der Waals surface area (Å²) in [4.78, 5) is 13.0.